The molecule has 8 nitrogen and oxygen atoms in total. The summed E-state index contributed by atoms with van der Waals surface area (Å²) in [6, 6.07) is 1.78. The molecule has 1 rings (SSSR count). The van der Waals surface area contributed by atoms with E-state index in [-0.39, 0.29) is 10.0 Å². The largest absolute Gasteiger partial charge is 0.345 e. The minimum absolute atomic E-state index is 0.0979. The molecule has 0 radical (unpaired) electrons. The zero-order valence-corrected chi connectivity index (χ0v) is 12.4. The molecule has 0 fully saturated rings. The van der Waals surface area contributed by atoms with E-state index in [1.807, 2.05) is 0 Å². The van der Waals surface area contributed by atoms with Crippen molar-refractivity contribution in [3.05, 3.63) is 32.3 Å². The molecule has 0 aliphatic heterocycles. The maximum absolute atomic E-state index is 11.9. The van der Waals surface area contributed by atoms with Crippen LogP contribution in [0.25, 0.3) is 0 Å². The van der Waals surface area contributed by atoms with Crippen LogP contribution in [0, 0.1) is 10.1 Å². The predicted octanol–water partition coefficient (Wildman–Crippen LogP) is 0.707. The first-order chi connectivity index (χ1) is 8.55. The molecular weight excluding hydrogens is 342 g/mol. The molecule has 19 heavy (non-hydrogen) atoms. The molecule has 0 aromatic heterocycles. The second-order valence-electron chi connectivity index (χ2n) is 3.81. The quantitative estimate of drug-likeness (QED) is 0.634. The lowest BCUT2D eigenvalue weighted by atomic mass is 10.2. The van der Waals surface area contributed by atoms with E-state index >= 15 is 0 Å². The summed E-state index contributed by atoms with van der Waals surface area (Å²) < 4.78 is 22.6. The molecule has 0 aliphatic carbocycles. The minimum atomic E-state index is -4.19. The van der Waals surface area contributed by atoms with E-state index in [1.165, 1.54) is 14.1 Å². The van der Waals surface area contributed by atoms with Crippen LogP contribution in [0.5, 0.6) is 0 Å². The highest BCUT2D eigenvalue weighted by atomic mass is 79.9. The van der Waals surface area contributed by atoms with Crippen molar-refractivity contribution in [3.63, 3.8) is 0 Å². The van der Waals surface area contributed by atoms with Crippen LogP contribution in [0.15, 0.2) is 21.5 Å². The second-order valence-corrected chi connectivity index (χ2v) is 6.13. The van der Waals surface area contributed by atoms with Gasteiger partial charge in [0.1, 0.15) is 4.90 Å². The number of sulfonamides is 1. The van der Waals surface area contributed by atoms with E-state index < -0.39 is 31.4 Å². The van der Waals surface area contributed by atoms with Gasteiger partial charge in [0.2, 0.25) is 10.0 Å². The van der Waals surface area contributed by atoms with E-state index in [0.29, 0.717) is 0 Å². The Morgan fingerprint density at radius 2 is 1.95 bits per heavy atom. The number of benzene rings is 1. The maximum Gasteiger partial charge on any atom is 0.271 e. The molecule has 104 valence electrons. The lowest BCUT2D eigenvalue weighted by Crippen LogP contribution is -2.23. The molecule has 10 heteroatoms. The van der Waals surface area contributed by atoms with Crippen LogP contribution in [0.4, 0.5) is 5.69 Å². The lowest BCUT2D eigenvalue weighted by molar-refractivity contribution is -0.385. The average Bonchev–Trinajstić information content (AvgIpc) is 2.26. The number of nitrogens with zero attached hydrogens (tertiary/aromatic N) is 2. The van der Waals surface area contributed by atoms with Crippen LogP contribution < -0.4 is 5.14 Å². The van der Waals surface area contributed by atoms with Gasteiger partial charge in [-0.15, -0.1) is 0 Å². The Balaban J connectivity index is 3.70. The minimum Gasteiger partial charge on any atom is -0.345 e. The van der Waals surface area contributed by atoms with Gasteiger partial charge >= 0.3 is 0 Å². The number of carbonyl (C=O) groups excluding carboxylic acids is 1. The Hall–Kier alpha value is -1.52. The third kappa shape index (κ3) is 3.28. The monoisotopic (exact) mass is 351 g/mol. The Labute approximate surface area is 117 Å². The molecule has 0 saturated heterocycles. The van der Waals surface area contributed by atoms with Crippen molar-refractivity contribution in [2.75, 3.05) is 14.1 Å². The Morgan fingerprint density at radius 3 is 2.32 bits per heavy atom. The third-order valence-corrected chi connectivity index (χ3v) is 4.23. The summed E-state index contributed by atoms with van der Waals surface area (Å²) in [6.07, 6.45) is 0. The number of primary sulfonamides is 1. The normalized spacial score (nSPS) is 11.2. The van der Waals surface area contributed by atoms with E-state index in [0.717, 1.165) is 17.0 Å². The summed E-state index contributed by atoms with van der Waals surface area (Å²) in [5.74, 6) is -0.583. The van der Waals surface area contributed by atoms with Crippen LogP contribution in [0.2, 0.25) is 0 Å². The van der Waals surface area contributed by atoms with Crippen molar-refractivity contribution < 1.29 is 18.1 Å². The van der Waals surface area contributed by atoms with Gasteiger partial charge in [0.05, 0.1) is 15.0 Å². The van der Waals surface area contributed by atoms with Crippen molar-refractivity contribution >= 4 is 37.5 Å². The molecule has 1 aromatic rings. The van der Waals surface area contributed by atoms with Crippen LogP contribution in [0.3, 0.4) is 0 Å². The number of hydrogen-bond donors (Lipinski definition) is 1. The number of non-ortho nitro benzene ring substituents is 1. The fourth-order valence-corrected chi connectivity index (χ4v) is 3.01. The fraction of sp³-hybridized carbons (Fsp3) is 0.222. The van der Waals surface area contributed by atoms with Gasteiger partial charge in [0, 0.05) is 26.2 Å². The number of nitro groups is 1. The van der Waals surface area contributed by atoms with E-state index in [2.05, 4.69) is 15.9 Å². The van der Waals surface area contributed by atoms with Crippen molar-refractivity contribution in [1.82, 2.24) is 4.90 Å². The van der Waals surface area contributed by atoms with Crippen LogP contribution in [-0.2, 0) is 10.0 Å². The zero-order valence-electron chi connectivity index (χ0n) is 9.95. The van der Waals surface area contributed by atoms with Gasteiger partial charge in [-0.25, -0.2) is 13.6 Å². The van der Waals surface area contributed by atoms with Gasteiger partial charge in [-0.05, 0) is 15.9 Å². The number of hydrogen-bond acceptors (Lipinski definition) is 5. The molecule has 0 aliphatic rings. The number of rotatable bonds is 3. The van der Waals surface area contributed by atoms with Gasteiger partial charge in [0.25, 0.3) is 11.6 Å². The molecular formula is C9H10BrN3O5S. The Bertz CT molecular complexity index is 656. The van der Waals surface area contributed by atoms with Gasteiger partial charge in [0.15, 0.2) is 0 Å². The first kappa shape index (κ1) is 15.5. The average molecular weight is 352 g/mol. The zero-order chi connectivity index (χ0) is 15.0. The van der Waals surface area contributed by atoms with Gasteiger partial charge in [-0.3, -0.25) is 14.9 Å². The molecule has 1 amide bonds. The van der Waals surface area contributed by atoms with Gasteiger partial charge in [-0.1, -0.05) is 0 Å². The lowest BCUT2D eigenvalue weighted by Gasteiger charge is -2.13. The van der Waals surface area contributed by atoms with Crippen molar-refractivity contribution in [1.29, 1.82) is 0 Å². The number of carbonyl (C=O) groups is 1. The van der Waals surface area contributed by atoms with Crippen LogP contribution in [-0.4, -0.2) is 38.2 Å². The molecule has 0 heterocycles. The molecule has 0 unspecified atom stereocenters. The molecule has 1 aromatic carbocycles. The van der Waals surface area contributed by atoms with E-state index in [9.17, 15) is 23.3 Å². The summed E-state index contributed by atoms with van der Waals surface area (Å²) in [5.41, 5.74) is -0.680. The number of nitro benzene ring substituents is 1. The smallest absolute Gasteiger partial charge is 0.271 e. The molecule has 0 atom stereocenters. The molecule has 0 bridgehead atoms. The Morgan fingerprint density at radius 1 is 1.42 bits per heavy atom. The first-order valence-corrected chi connectivity index (χ1v) is 7.12. The van der Waals surface area contributed by atoms with Gasteiger partial charge < -0.3 is 4.90 Å². The summed E-state index contributed by atoms with van der Waals surface area (Å²) >= 11 is 2.94. The van der Waals surface area contributed by atoms with E-state index in [4.69, 9.17) is 5.14 Å². The number of amides is 1. The molecule has 2 N–H and O–H groups in total. The van der Waals surface area contributed by atoms with Gasteiger partial charge in [-0.2, -0.15) is 0 Å². The van der Waals surface area contributed by atoms with Crippen molar-refractivity contribution in [2.24, 2.45) is 5.14 Å². The third-order valence-electron chi connectivity index (χ3n) is 2.18. The Kier molecular flexibility index (Phi) is 4.28. The predicted molar refractivity (Wildman–Crippen MR) is 70.2 cm³/mol. The highest BCUT2D eigenvalue weighted by molar-refractivity contribution is 9.10. The molecule has 0 saturated carbocycles. The number of nitrogens with two attached hydrogens (primary N) is 1. The highest BCUT2D eigenvalue weighted by Crippen LogP contribution is 2.30. The second kappa shape index (κ2) is 5.23. The van der Waals surface area contributed by atoms with Crippen molar-refractivity contribution in [2.45, 2.75) is 4.90 Å². The maximum atomic E-state index is 11.9. The molecule has 0 spiro atoms. The fourth-order valence-electron chi connectivity index (χ4n) is 1.29. The SMILES string of the molecule is CN(C)C(=O)c1cc([N+](=O)[O-])cc(S(N)(=O)=O)c1Br. The summed E-state index contributed by atoms with van der Waals surface area (Å²) in [4.78, 5) is 22.5. The standard InChI is InChI=1S/C9H10BrN3O5S/c1-12(2)9(14)6-3-5(13(15)16)4-7(8(6)10)19(11,17)18/h3-4H,1-2H3,(H2,11,17,18). The summed E-state index contributed by atoms with van der Waals surface area (Å²) in [6.45, 7) is 0. The van der Waals surface area contributed by atoms with E-state index in [1.54, 1.807) is 0 Å². The first-order valence-electron chi connectivity index (χ1n) is 4.78. The van der Waals surface area contributed by atoms with Crippen molar-refractivity contribution in [3.8, 4) is 0 Å². The highest BCUT2D eigenvalue weighted by Gasteiger charge is 2.25. The summed E-state index contributed by atoms with van der Waals surface area (Å²) in [5, 5.41) is 15.7. The van der Waals surface area contributed by atoms with Crippen LogP contribution >= 0.6 is 15.9 Å². The summed E-state index contributed by atoms with van der Waals surface area (Å²) in [7, 11) is -1.32. The topological polar surface area (TPSA) is 124 Å². The number of halogens is 1. The van der Waals surface area contributed by atoms with Crippen LogP contribution in [0.1, 0.15) is 10.4 Å².